The van der Waals surface area contributed by atoms with E-state index in [1.54, 1.807) is 20.8 Å². The Balaban J connectivity index is 4.51. The van der Waals surface area contributed by atoms with Gasteiger partial charge in [0.15, 0.2) is 0 Å². The van der Waals surface area contributed by atoms with Crippen molar-refractivity contribution in [2.24, 2.45) is 5.41 Å². The lowest BCUT2D eigenvalue weighted by Gasteiger charge is -2.14. The van der Waals surface area contributed by atoms with Crippen LogP contribution in [0.15, 0.2) is 12.2 Å². The maximum Gasteiger partial charge on any atom is 0.323 e. The summed E-state index contributed by atoms with van der Waals surface area (Å²) in [5.41, 5.74) is 8.36. The van der Waals surface area contributed by atoms with Crippen LogP contribution in [0.4, 0.5) is 0 Å². The van der Waals surface area contributed by atoms with Crippen LogP contribution in [0.25, 0.3) is 5.53 Å². The van der Waals surface area contributed by atoms with Gasteiger partial charge in [0.25, 0.3) is 0 Å². The minimum Gasteiger partial charge on any atom is -0.361 e. The van der Waals surface area contributed by atoms with Gasteiger partial charge in [0.05, 0.1) is 0 Å². The lowest BCUT2D eigenvalue weighted by atomic mass is 9.85. The molecule has 0 aliphatic heterocycles. The van der Waals surface area contributed by atoms with Crippen LogP contribution < -0.4 is 0 Å². The Hall–Kier alpha value is -1.65. The minimum atomic E-state index is -0.616. The van der Waals surface area contributed by atoms with Crippen LogP contribution in [0.3, 0.4) is 0 Å². The number of Topliss-reactive ketones (excluding diaryl/α,β-unsaturated/α-hetero) is 1. The number of nitrogens with zero attached hydrogens (tertiary/aromatic N) is 2. The molecule has 0 atom stereocenters. The van der Waals surface area contributed by atoms with Crippen LogP contribution in [0.5, 0.6) is 0 Å². The Morgan fingerprint density at radius 3 is 2.64 bits per heavy atom. The first kappa shape index (κ1) is 12.3. The second-order valence-electron chi connectivity index (χ2n) is 3.75. The van der Waals surface area contributed by atoms with Gasteiger partial charge in [0, 0.05) is 11.8 Å². The standard InChI is InChI=1S/C11H14N2O/c1-9(2)6-5-7-11(3,4)10(14)8-13-12/h8H,1,7H2,2-4H3. The molecular weight excluding hydrogens is 176 g/mol. The number of hydrogen-bond acceptors (Lipinski definition) is 1. The SMILES string of the molecule is C=C(C)C#CCC(C)(C)C(=O)C=[N+]=[N-]. The van der Waals surface area contributed by atoms with Gasteiger partial charge in [-0.05, 0) is 12.5 Å². The molecule has 0 saturated carbocycles. The van der Waals surface area contributed by atoms with Gasteiger partial charge in [-0.2, -0.15) is 4.79 Å². The zero-order valence-electron chi connectivity index (χ0n) is 8.79. The molecule has 0 spiro atoms. The van der Waals surface area contributed by atoms with Gasteiger partial charge in [0.2, 0.25) is 5.78 Å². The highest BCUT2D eigenvalue weighted by molar-refractivity contribution is 6.27. The van der Waals surface area contributed by atoms with E-state index in [0.29, 0.717) is 6.42 Å². The Morgan fingerprint density at radius 1 is 1.64 bits per heavy atom. The maximum absolute atomic E-state index is 11.3. The maximum atomic E-state index is 11.3. The quantitative estimate of drug-likeness (QED) is 0.290. The number of hydrogen-bond donors (Lipinski definition) is 0. The van der Waals surface area contributed by atoms with Crippen LogP contribution in [0.1, 0.15) is 27.2 Å². The van der Waals surface area contributed by atoms with E-state index >= 15 is 0 Å². The molecule has 0 N–H and O–H groups in total. The molecule has 74 valence electrons. The third-order valence-corrected chi connectivity index (χ3v) is 1.67. The van der Waals surface area contributed by atoms with Crippen molar-refractivity contribution in [3.05, 3.63) is 17.7 Å². The largest absolute Gasteiger partial charge is 0.361 e. The summed E-state index contributed by atoms with van der Waals surface area (Å²) in [6.45, 7) is 8.94. The van der Waals surface area contributed by atoms with Gasteiger partial charge in [0.1, 0.15) is 0 Å². The number of carbonyl (C=O) groups excluding carboxylic acids is 1. The summed E-state index contributed by atoms with van der Waals surface area (Å²) in [6.07, 6.45) is 1.33. The zero-order chi connectivity index (χ0) is 11.2. The van der Waals surface area contributed by atoms with E-state index in [1.807, 2.05) is 0 Å². The zero-order valence-corrected chi connectivity index (χ0v) is 8.79. The second kappa shape index (κ2) is 5.16. The first-order valence-electron chi connectivity index (χ1n) is 4.26. The molecule has 0 aliphatic carbocycles. The van der Waals surface area contributed by atoms with Crippen LogP contribution in [0, 0.1) is 17.3 Å². The lowest BCUT2D eigenvalue weighted by molar-refractivity contribution is -0.123. The van der Waals surface area contributed by atoms with Crippen LogP contribution in [0.2, 0.25) is 0 Å². The van der Waals surface area contributed by atoms with E-state index in [4.69, 9.17) is 5.53 Å². The van der Waals surface area contributed by atoms with E-state index in [2.05, 4.69) is 23.2 Å². The average molecular weight is 190 g/mol. The molecule has 3 nitrogen and oxygen atoms in total. The summed E-state index contributed by atoms with van der Waals surface area (Å²) in [5.74, 6) is 5.41. The highest BCUT2D eigenvalue weighted by Crippen LogP contribution is 2.19. The Labute approximate surface area is 84.4 Å². The van der Waals surface area contributed by atoms with Crippen molar-refractivity contribution >= 4 is 12.0 Å². The Kier molecular flexibility index (Phi) is 4.55. The number of allylic oxidation sites excluding steroid dienone is 1. The van der Waals surface area contributed by atoms with Crippen molar-refractivity contribution in [1.82, 2.24) is 0 Å². The van der Waals surface area contributed by atoms with Crippen molar-refractivity contribution < 1.29 is 9.58 Å². The van der Waals surface area contributed by atoms with E-state index in [9.17, 15) is 4.79 Å². The van der Waals surface area contributed by atoms with Crippen LogP contribution >= 0.6 is 0 Å². The molecule has 0 radical (unpaired) electrons. The summed E-state index contributed by atoms with van der Waals surface area (Å²) < 4.78 is 0. The number of ketones is 1. The molecule has 3 heteroatoms. The first-order valence-corrected chi connectivity index (χ1v) is 4.26. The smallest absolute Gasteiger partial charge is 0.323 e. The molecule has 14 heavy (non-hydrogen) atoms. The summed E-state index contributed by atoms with van der Waals surface area (Å²) >= 11 is 0. The molecule has 0 heterocycles. The summed E-state index contributed by atoms with van der Waals surface area (Å²) in [4.78, 5) is 14.0. The van der Waals surface area contributed by atoms with Crippen molar-refractivity contribution in [2.45, 2.75) is 27.2 Å². The molecule has 0 amide bonds. The molecule has 0 aromatic heterocycles. The van der Waals surface area contributed by atoms with Crippen molar-refractivity contribution in [2.75, 3.05) is 0 Å². The van der Waals surface area contributed by atoms with Gasteiger partial charge in [-0.3, -0.25) is 4.79 Å². The van der Waals surface area contributed by atoms with E-state index in [-0.39, 0.29) is 5.78 Å². The second-order valence-corrected chi connectivity index (χ2v) is 3.75. The monoisotopic (exact) mass is 190 g/mol. The van der Waals surface area contributed by atoms with E-state index in [0.717, 1.165) is 11.8 Å². The van der Waals surface area contributed by atoms with Crippen LogP contribution in [-0.2, 0) is 4.79 Å². The van der Waals surface area contributed by atoms with Crippen molar-refractivity contribution in [3.63, 3.8) is 0 Å². The molecule has 0 fully saturated rings. The number of carbonyl (C=O) groups is 1. The molecule has 0 aromatic rings. The molecule has 0 saturated heterocycles. The van der Waals surface area contributed by atoms with E-state index < -0.39 is 5.41 Å². The minimum absolute atomic E-state index is 0.240. The Bertz CT molecular complexity index is 349. The number of rotatable bonds is 3. The lowest BCUT2D eigenvalue weighted by Crippen LogP contribution is -2.24. The third-order valence-electron chi connectivity index (χ3n) is 1.67. The van der Waals surface area contributed by atoms with Gasteiger partial charge >= 0.3 is 6.21 Å². The molecule has 0 aliphatic rings. The molecule has 0 rings (SSSR count). The Morgan fingerprint density at radius 2 is 2.21 bits per heavy atom. The summed E-state index contributed by atoms with van der Waals surface area (Å²) in [5, 5.41) is 0. The third kappa shape index (κ3) is 4.39. The molecule has 0 bridgehead atoms. The highest BCUT2D eigenvalue weighted by Gasteiger charge is 2.27. The fourth-order valence-corrected chi connectivity index (χ4v) is 0.730. The molecular formula is C11H14N2O. The summed E-state index contributed by atoms with van der Waals surface area (Å²) in [6, 6.07) is 0. The predicted molar refractivity (Wildman–Crippen MR) is 55.7 cm³/mol. The molecule has 0 unspecified atom stereocenters. The van der Waals surface area contributed by atoms with Crippen LogP contribution in [-0.4, -0.2) is 16.8 Å². The van der Waals surface area contributed by atoms with Crippen molar-refractivity contribution in [1.29, 1.82) is 0 Å². The fraction of sp³-hybridized carbons (Fsp3) is 0.455. The highest BCUT2D eigenvalue weighted by atomic mass is 16.1. The van der Waals surface area contributed by atoms with Gasteiger partial charge in [-0.25, -0.2) is 0 Å². The van der Waals surface area contributed by atoms with Gasteiger partial charge in [-0.1, -0.05) is 32.3 Å². The average Bonchev–Trinajstić information content (AvgIpc) is 2.03. The first-order chi connectivity index (χ1) is 6.40. The normalized spacial score (nSPS) is 9.36. The van der Waals surface area contributed by atoms with Gasteiger partial charge in [-0.15, -0.1) is 0 Å². The van der Waals surface area contributed by atoms with E-state index in [1.165, 1.54) is 0 Å². The van der Waals surface area contributed by atoms with Crippen molar-refractivity contribution in [3.8, 4) is 11.8 Å². The van der Waals surface area contributed by atoms with Gasteiger partial charge < -0.3 is 5.53 Å². The predicted octanol–water partition coefficient (Wildman–Crippen LogP) is 1.85. The fourth-order valence-electron chi connectivity index (χ4n) is 0.730. The topological polar surface area (TPSA) is 53.5 Å². The summed E-state index contributed by atoms with van der Waals surface area (Å²) in [7, 11) is 0. The molecule has 0 aromatic carbocycles.